The molecular formula is C15H20N2O4S. The second kappa shape index (κ2) is 6.08. The molecule has 1 N–H and O–H groups in total. The summed E-state index contributed by atoms with van der Waals surface area (Å²) < 4.78 is 25.4. The first-order valence-corrected chi connectivity index (χ1v) is 8.64. The number of carbonyl (C=O) groups is 2. The van der Waals surface area contributed by atoms with Crippen LogP contribution in [-0.2, 0) is 14.8 Å². The van der Waals surface area contributed by atoms with Gasteiger partial charge in [0.15, 0.2) is 0 Å². The van der Waals surface area contributed by atoms with E-state index in [0.29, 0.717) is 0 Å². The van der Waals surface area contributed by atoms with Gasteiger partial charge in [0.05, 0.1) is 5.56 Å². The number of fused-ring (bicyclic) bond motifs is 1. The van der Waals surface area contributed by atoms with Crippen LogP contribution >= 0.6 is 0 Å². The predicted molar refractivity (Wildman–Crippen MR) is 81.7 cm³/mol. The van der Waals surface area contributed by atoms with E-state index in [2.05, 4.69) is 5.32 Å². The lowest BCUT2D eigenvalue weighted by Crippen LogP contribution is -2.39. The van der Waals surface area contributed by atoms with Crippen LogP contribution < -0.4 is 5.32 Å². The summed E-state index contributed by atoms with van der Waals surface area (Å²) in [6, 6.07) is 6.08. The number of carbonyl (C=O) groups excluding carboxylic acids is 2. The SMILES string of the molecule is CC(C)[C@@H](C)NC(=O)CCN1C(=O)c2ccccc2S1(=O)=O. The minimum absolute atomic E-state index is 0.00409. The van der Waals surface area contributed by atoms with Crippen LogP contribution in [0.15, 0.2) is 29.2 Å². The molecule has 0 aliphatic carbocycles. The molecular weight excluding hydrogens is 304 g/mol. The van der Waals surface area contributed by atoms with Crippen molar-refractivity contribution in [3.8, 4) is 0 Å². The van der Waals surface area contributed by atoms with Crippen LogP contribution in [0.4, 0.5) is 0 Å². The lowest BCUT2D eigenvalue weighted by Gasteiger charge is -2.19. The van der Waals surface area contributed by atoms with Crippen molar-refractivity contribution < 1.29 is 18.0 Å². The standard InChI is InChI=1S/C15H20N2O4S/c1-10(2)11(3)16-14(18)8-9-17-15(19)12-6-4-5-7-13(12)22(17,20)21/h4-7,10-11H,8-9H2,1-3H3,(H,16,18)/t11-/m1/s1. The first-order valence-electron chi connectivity index (χ1n) is 7.20. The maximum Gasteiger partial charge on any atom is 0.269 e. The maximum atomic E-state index is 12.3. The second-order valence-electron chi connectivity index (χ2n) is 5.73. The number of rotatable bonds is 5. The van der Waals surface area contributed by atoms with Gasteiger partial charge >= 0.3 is 0 Å². The zero-order valence-corrected chi connectivity index (χ0v) is 13.7. The summed E-state index contributed by atoms with van der Waals surface area (Å²) in [6.45, 7) is 5.70. The third-order valence-electron chi connectivity index (χ3n) is 3.84. The Morgan fingerprint density at radius 2 is 1.86 bits per heavy atom. The zero-order chi connectivity index (χ0) is 16.5. The molecule has 0 unspecified atom stereocenters. The van der Waals surface area contributed by atoms with E-state index in [9.17, 15) is 18.0 Å². The van der Waals surface area contributed by atoms with Gasteiger partial charge in [0, 0.05) is 19.0 Å². The van der Waals surface area contributed by atoms with Crippen molar-refractivity contribution in [3.63, 3.8) is 0 Å². The summed E-state index contributed by atoms with van der Waals surface area (Å²) >= 11 is 0. The molecule has 2 amide bonds. The molecule has 0 fully saturated rings. The van der Waals surface area contributed by atoms with Crippen molar-refractivity contribution in [1.82, 2.24) is 9.62 Å². The normalized spacial score (nSPS) is 17.5. The Bertz CT molecular complexity index is 697. The lowest BCUT2D eigenvalue weighted by molar-refractivity contribution is -0.122. The topological polar surface area (TPSA) is 83.6 Å². The van der Waals surface area contributed by atoms with E-state index < -0.39 is 15.9 Å². The molecule has 0 saturated heterocycles. The molecule has 1 aliphatic heterocycles. The van der Waals surface area contributed by atoms with Gasteiger partial charge in [-0.25, -0.2) is 12.7 Å². The smallest absolute Gasteiger partial charge is 0.269 e. The van der Waals surface area contributed by atoms with E-state index in [-0.39, 0.29) is 41.3 Å². The number of sulfonamides is 1. The zero-order valence-electron chi connectivity index (χ0n) is 12.9. The van der Waals surface area contributed by atoms with Crippen molar-refractivity contribution in [1.29, 1.82) is 0 Å². The van der Waals surface area contributed by atoms with Crippen LogP contribution in [0, 0.1) is 5.92 Å². The highest BCUT2D eigenvalue weighted by Crippen LogP contribution is 2.29. The third-order valence-corrected chi connectivity index (χ3v) is 5.68. The fourth-order valence-electron chi connectivity index (χ4n) is 2.15. The van der Waals surface area contributed by atoms with E-state index in [1.165, 1.54) is 12.1 Å². The van der Waals surface area contributed by atoms with Crippen LogP contribution in [0.1, 0.15) is 37.6 Å². The average molecular weight is 324 g/mol. The Morgan fingerprint density at radius 3 is 2.45 bits per heavy atom. The number of hydrogen-bond donors (Lipinski definition) is 1. The van der Waals surface area contributed by atoms with Crippen LogP contribution in [-0.4, -0.2) is 37.1 Å². The number of nitrogens with one attached hydrogen (secondary N) is 1. The molecule has 1 aromatic rings. The summed E-state index contributed by atoms with van der Waals surface area (Å²) in [7, 11) is -3.83. The highest BCUT2D eigenvalue weighted by atomic mass is 32.2. The average Bonchev–Trinajstić information content (AvgIpc) is 2.65. The number of benzene rings is 1. The van der Waals surface area contributed by atoms with E-state index in [0.717, 1.165) is 4.31 Å². The van der Waals surface area contributed by atoms with E-state index in [1.807, 2.05) is 20.8 Å². The van der Waals surface area contributed by atoms with Crippen molar-refractivity contribution in [3.05, 3.63) is 29.8 Å². The Hall–Kier alpha value is -1.89. The maximum absolute atomic E-state index is 12.3. The second-order valence-corrected chi connectivity index (χ2v) is 7.56. The molecule has 0 radical (unpaired) electrons. The van der Waals surface area contributed by atoms with E-state index in [1.54, 1.807) is 12.1 Å². The van der Waals surface area contributed by atoms with Gasteiger partial charge in [0.25, 0.3) is 15.9 Å². The fraction of sp³-hybridized carbons (Fsp3) is 0.467. The van der Waals surface area contributed by atoms with Crippen molar-refractivity contribution in [2.75, 3.05) is 6.54 Å². The quantitative estimate of drug-likeness (QED) is 0.887. The summed E-state index contributed by atoms with van der Waals surface area (Å²) in [5.41, 5.74) is 0.165. The molecule has 0 bridgehead atoms. The Morgan fingerprint density at radius 1 is 1.23 bits per heavy atom. The van der Waals surface area contributed by atoms with Gasteiger partial charge in [-0.1, -0.05) is 26.0 Å². The van der Waals surface area contributed by atoms with Crippen molar-refractivity contribution in [2.45, 2.75) is 38.1 Å². The Labute approximate surface area is 130 Å². The van der Waals surface area contributed by atoms with E-state index in [4.69, 9.17) is 0 Å². The Balaban J connectivity index is 2.06. The van der Waals surface area contributed by atoms with Crippen LogP contribution in [0.3, 0.4) is 0 Å². The monoisotopic (exact) mass is 324 g/mol. The molecule has 1 heterocycles. The number of nitrogens with zero attached hydrogens (tertiary/aromatic N) is 1. The first-order chi connectivity index (χ1) is 10.2. The van der Waals surface area contributed by atoms with Crippen LogP contribution in [0.2, 0.25) is 0 Å². The third kappa shape index (κ3) is 2.99. The highest BCUT2D eigenvalue weighted by molar-refractivity contribution is 7.90. The minimum atomic E-state index is -3.83. The number of hydrogen-bond acceptors (Lipinski definition) is 4. The van der Waals surface area contributed by atoms with Gasteiger partial charge in [-0.15, -0.1) is 0 Å². The van der Waals surface area contributed by atoms with Gasteiger partial charge in [-0.2, -0.15) is 0 Å². The molecule has 22 heavy (non-hydrogen) atoms. The summed E-state index contributed by atoms with van der Waals surface area (Å²) in [5, 5.41) is 2.79. The van der Waals surface area contributed by atoms with Crippen molar-refractivity contribution in [2.24, 2.45) is 5.92 Å². The molecule has 0 saturated carbocycles. The summed E-state index contributed by atoms with van der Waals surface area (Å²) in [6.07, 6.45) is -0.0456. The molecule has 1 aromatic carbocycles. The lowest BCUT2D eigenvalue weighted by atomic mass is 10.1. The van der Waals surface area contributed by atoms with Crippen molar-refractivity contribution >= 4 is 21.8 Å². The van der Waals surface area contributed by atoms with Crippen LogP contribution in [0.5, 0.6) is 0 Å². The van der Waals surface area contributed by atoms with Gasteiger partial charge in [-0.3, -0.25) is 9.59 Å². The van der Waals surface area contributed by atoms with Gasteiger partial charge in [-0.05, 0) is 25.0 Å². The van der Waals surface area contributed by atoms with Gasteiger partial charge < -0.3 is 5.32 Å². The molecule has 2 rings (SSSR count). The summed E-state index contributed by atoms with van der Waals surface area (Å²) in [5.74, 6) is -0.550. The minimum Gasteiger partial charge on any atom is -0.353 e. The molecule has 6 nitrogen and oxygen atoms in total. The van der Waals surface area contributed by atoms with Gasteiger partial charge in [0.1, 0.15) is 4.90 Å². The first kappa shape index (κ1) is 16.5. The predicted octanol–water partition coefficient (Wildman–Crippen LogP) is 1.38. The molecule has 1 atom stereocenters. The molecule has 0 spiro atoms. The molecule has 0 aromatic heterocycles. The molecule has 7 heteroatoms. The highest BCUT2D eigenvalue weighted by Gasteiger charge is 2.40. The van der Waals surface area contributed by atoms with E-state index >= 15 is 0 Å². The molecule has 120 valence electrons. The van der Waals surface area contributed by atoms with Gasteiger partial charge in [0.2, 0.25) is 5.91 Å². The molecule has 1 aliphatic rings. The summed E-state index contributed by atoms with van der Waals surface area (Å²) in [4.78, 5) is 24.0. The largest absolute Gasteiger partial charge is 0.353 e. The van der Waals surface area contributed by atoms with Crippen LogP contribution in [0.25, 0.3) is 0 Å². The fourth-order valence-corrected chi connectivity index (χ4v) is 3.72. The Kier molecular flexibility index (Phi) is 4.55. The number of amides is 2.